The van der Waals surface area contributed by atoms with Gasteiger partial charge in [-0.2, -0.15) is 0 Å². The summed E-state index contributed by atoms with van der Waals surface area (Å²) in [5.41, 5.74) is 1.24. The van der Waals surface area contributed by atoms with Gasteiger partial charge in [-0.25, -0.2) is 0 Å². The fraction of sp³-hybridized carbons (Fsp3) is 0.625. The van der Waals surface area contributed by atoms with Crippen LogP contribution in [0.3, 0.4) is 0 Å². The van der Waals surface area contributed by atoms with E-state index in [1.165, 1.54) is 44.5 Å². The molecule has 0 spiro atoms. The van der Waals surface area contributed by atoms with Crippen LogP contribution in [0, 0.1) is 5.92 Å². The van der Waals surface area contributed by atoms with Crippen molar-refractivity contribution in [2.45, 2.75) is 32.7 Å². The summed E-state index contributed by atoms with van der Waals surface area (Å²) in [6.45, 7) is 8.11. The number of piperidine rings is 1. The number of hydrogen-bond donors (Lipinski definition) is 1. The predicted octanol–water partition coefficient (Wildman–Crippen LogP) is 4.31. The summed E-state index contributed by atoms with van der Waals surface area (Å²) in [6.07, 6.45) is 3.95. The number of likely N-dealkylation sites (tertiary alicyclic amines) is 1. The Morgan fingerprint density at radius 3 is 2.80 bits per heavy atom. The van der Waals surface area contributed by atoms with Crippen molar-refractivity contribution in [3.63, 3.8) is 0 Å². The minimum Gasteiger partial charge on any atom is -0.313 e. The van der Waals surface area contributed by atoms with Crippen molar-refractivity contribution in [3.05, 3.63) is 33.3 Å². The van der Waals surface area contributed by atoms with E-state index in [0.717, 1.165) is 28.5 Å². The smallest absolute Gasteiger partial charge is 0.0551 e. The molecule has 0 bridgehead atoms. The van der Waals surface area contributed by atoms with Gasteiger partial charge in [-0.15, -0.1) is 0 Å². The standard InChI is InChI=1S/C16H24BrClN2/c1-13-5-9-20(10-6-13)8-2-7-19-12-14-3-4-15(17)16(18)11-14/h3-4,11,13,19H,2,5-10,12H2,1H3. The minimum atomic E-state index is 0.784. The zero-order chi connectivity index (χ0) is 14.4. The molecule has 1 saturated heterocycles. The molecule has 1 aromatic rings. The summed E-state index contributed by atoms with van der Waals surface area (Å²) in [5.74, 6) is 0.923. The Kier molecular flexibility index (Phi) is 6.82. The van der Waals surface area contributed by atoms with E-state index in [1.54, 1.807) is 0 Å². The minimum absolute atomic E-state index is 0.784. The molecular weight excluding hydrogens is 336 g/mol. The Morgan fingerprint density at radius 1 is 1.35 bits per heavy atom. The Hall–Kier alpha value is -0.0900. The summed E-state index contributed by atoms with van der Waals surface area (Å²) >= 11 is 9.50. The van der Waals surface area contributed by atoms with Gasteiger partial charge in [0.1, 0.15) is 0 Å². The van der Waals surface area contributed by atoms with E-state index in [0.29, 0.717) is 0 Å². The second-order valence-electron chi connectivity index (χ2n) is 5.80. The van der Waals surface area contributed by atoms with Crippen LogP contribution in [0.1, 0.15) is 31.7 Å². The van der Waals surface area contributed by atoms with Crippen LogP contribution >= 0.6 is 27.5 Å². The van der Waals surface area contributed by atoms with Gasteiger partial charge in [0.05, 0.1) is 5.02 Å². The van der Waals surface area contributed by atoms with Gasteiger partial charge < -0.3 is 10.2 Å². The van der Waals surface area contributed by atoms with Crippen molar-refractivity contribution in [2.24, 2.45) is 5.92 Å². The van der Waals surface area contributed by atoms with Crippen molar-refractivity contribution >= 4 is 27.5 Å². The number of nitrogens with one attached hydrogen (secondary N) is 1. The van der Waals surface area contributed by atoms with Crippen LogP contribution in [0.15, 0.2) is 22.7 Å². The maximum Gasteiger partial charge on any atom is 0.0551 e. The Balaban J connectivity index is 1.58. The molecule has 0 radical (unpaired) electrons. The highest BCUT2D eigenvalue weighted by atomic mass is 79.9. The lowest BCUT2D eigenvalue weighted by molar-refractivity contribution is 0.190. The van der Waals surface area contributed by atoms with Crippen LogP contribution in [0.25, 0.3) is 0 Å². The Labute approximate surface area is 136 Å². The lowest BCUT2D eigenvalue weighted by atomic mass is 9.99. The average Bonchev–Trinajstić information content (AvgIpc) is 2.44. The molecule has 2 nitrogen and oxygen atoms in total. The number of hydrogen-bond acceptors (Lipinski definition) is 2. The van der Waals surface area contributed by atoms with Crippen molar-refractivity contribution in [1.29, 1.82) is 0 Å². The average molecular weight is 360 g/mol. The second-order valence-corrected chi connectivity index (χ2v) is 7.06. The largest absolute Gasteiger partial charge is 0.313 e. The lowest BCUT2D eigenvalue weighted by Gasteiger charge is -2.30. The summed E-state index contributed by atoms with van der Waals surface area (Å²) in [4.78, 5) is 2.60. The summed E-state index contributed by atoms with van der Waals surface area (Å²) in [7, 11) is 0. The maximum atomic E-state index is 6.09. The number of halogens is 2. The molecular formula is C16H24BrClN2. The molecule has 1 N–H and O–H groups in total. The molecule has 1 aliphatic rings. The first kappa shape index (κ1) is 16.3. The second kappa shape index (κ2) is 8.38. The Morgan fingerprint density at radius 2 is 2.10 bits per heavy atom. The van der Waals surface area contributed by atoms with Crippen LogP contribution in [0.5, 0.6) is 0 Å². The molecule has 0 amide bonds. The first-order chi connectivity index (χ1) is 9.65. The Bertz CT molecular complexity index is 417. The molecule has 1 aromatic carbocycles. The first-order valence-electron chi connectivity index (χ1n) is 7.52. The van der Waals surface area contributed by atoms with Gasteiger partial charge in [0, 0.05) is 11.0 Å². The molecule has 0 unspecified atom stereocenters. The van der Waals surface area contributed by atoms with E-state index >= 15 is 0 Å². The van der Waals surface area contributed by atoms with Gasteiger partial charge in [0.2, 0.25) is 0 Å². The highest BCUT2D eigenvalue weighted by molar-refractivity contribution is 9.10. The third-order valence-corrected chi connectivity index (χ3v) is 5.25. The van der Waals surface area contributed by atoms with Crippen LogP contribution in [-0.2, 0) is 6.54 Å². The summed E-state index contributed by atoms with van der Waals surface area (Å²) in [6, 6.07) is 6.13. The summed E-state index contributed by atoms with van der Waals surface area (Å²) in [5, 5.41) is 4.28. The molecule has 2 rings (SSSR count). The fourth-order valence-corrected chi connectivity index (χ4v) is 3.05. The van der Waals surface area contributed by atoms with Crippen LogP contribution in [-0.4, -0.2) is 31.1 Å². The highest BCUT2D eigenvalue weighted by Gasteiger charge is 2.14. The fourth-order valence-electron chi connectivity index (χ4n) is 2.60. The van der Waals surface area contributed by atoms with Crippen molar-refractivity contribution in [3.8, 4) is 0 Å². The van der Waals surface area contributed by atoms with Crippen molar-refractivity contribution < 1.29 is 0 Å². The van der Waals surface area contributed by atoms with Crippen LogP contribution in [0.4, 0.5) is 0 Å². The first-order valence-corrected chi connectivity index (χ1v) is 8.69. The van der Waals surface area contributed by atoms with E-state index in [1.807, 2.05) is 12.1 Å². The third-order valence-electron chi connectivity index (χ3n) is 4.02. The molecule has 1 aliphatic heterocycles. The molecule has 20 heavy (non-hydrogen) atoms. The SMILES string of the molecule is CC1CCN(CCCNCc2ccc(Br)c(Cl)c2)CC1. The number of benzene rings is 1. The van der Waals surface area contributed by atoms with Gasteiger partial charge in [0.15, 0.2) is 0 Å². The molecule has 0 atom stereocenters. The van der Waals surface area contributed by atoms with Crippen molar-refractivity contribution in [2.75, 3.05) is 26.2 Å². The normalized spacial score (nSPS) is 17.6. The van der Waals surface area contributed by atoms with Crippen molar-refractivity contribution in [1.82, 2.24) is 10.2 Å². The van der Waals surface area contributed by atoms with E-state index in [-0.39, 0.29) is 0 Å². The molecule has 0 aromatic heterocycles. The van der Waals surface area contributed by atoms with Gasteiger partial charge in [-0.05, 0) is 85.0 Å². The molecule has 112 valence electrons. The van der Waals surface area contributed by atoms with E-state index in [4.69, 9.17) is 11.6 Å². The molecule has 0 aliphatic carbocycles. The zero-order valence-corrected chi connectivity index (χ0v) is 14.5. The zero-order valence-electron chi connectivity index (χ0n) is 12.2. The molecule has 0 saturated carbocycles. The lowest BCUT2D eigenvalue weighted by Crippen LogP contribution is -2.34. The van der Waals surface area contributed by atoms with E-state index < -0.39 is 0 Å². The third kappa shape index (κ3) is 5.36. The van der Waals surface area contributed by atoms with Crippen LogP contribution in [0.2, 0.25) is 5.02 Å². The van der Waals surface area contributed by atoms with Gasteiger partial charge in [-0.3, -0.25) is 0 Å². The number of nitrogens with zero attached hydrogens (tertiary/aromatic N) is 1. The monoisotopic (exact) mass is 358 g/mol. The van der Waals surface area contributed by atoms with Gasteiger partial charge >= 0.3 is 0 Å². The van der Waals surface area contributed by atoms with Crippen LogP contribution < -0.4 is 5.32 Å². The maximum absolute atomic E-state index is 6.09. The molecule has 1 heterocycles. The predicted molar refractivity (Wildman–Crippen MR) is 90.3 cm³/mol. The van der Waals surface area contributed by atoms with Gasteiger partial charge in [0.25, 0.3) is 0 Å². The van der Waals surface area contributed by atoms with Gasteiger partial charge in [-0.1, -0.05) is 24.6 Å². The molecule has 1 fully saturated rings. The van der Waals surface area contributed by atoms with E-state index in [9.17, 15) is 0 Å². The molecule has 4 heteroatoms. The highest BCUT2D eigenvalue weighted by Crippen LogP contribution is 2.23. The quantitative estimate of drug-likeness (QED) is 0.761. The number of rotatable bonds is 6. The summed E-state index contributed by atoms with van der Waals surface area (Å²) < 4.78 is 0.960. The topological polar surface area (TPSA) is 15.3 Å². The van der Waals surface area contributed by atoms with E-state index in [2.05, 4.69) is 39.1 Å².